The Morgan fingerprint density at radius 1 is 1.38 bits per heavy atom. The average molecular weight is 343 g/mol. The molecule has 0 saturated carbocycles. The van der Waals surface area contributed by atoms with Crippen LogP contribution in [-0.2, 0) is 10.9 Å². The summed E-state index contributed by atoms with van der Waals surface area (Å²) in [5.41, 5.74) is -1.16. The number of imidazole rings is 1. The molecule has 1 saturated heterocycles. The van der Waals surface area contributed by atoms with E-state index in [1.165, 1.54) is 24.4 Å². The van der Waals surface area contributed by atoms with Crippen LogP contribution in [0.4, 0.5) is 13.2 Å². The summed E-state index contributed by atoms with van der Waals surface area (Å²) in [6, 6.07) is 4.36. The Bertz CT molecular complexity index is 751. The molecular formula is C15H16F3N3O3. The van der Waals surface area contributed by atoms with Gasteiger partial charge in [0.1, 0.15) is 0 Å². The molecule has 2 aromatic rings. The number of nitrogens with zero attached hydrogens (tertiary/aromatic N) is 2. The quantitative estimate of drug-likeness (QED) is 0.888. The molecule has 0 bridgehead atoms. The van der Waals surface area contributed by atoms with Crippen molar-refractivity contribution in [2.75, 3.05) is 19.8 Å². The van der Waals surface area contributed by atoms with Crippen LogP contribution in [0.25, 0.3) is 5.52 Å². The SMILES string of the molecule is O=C(NC1(CO)CCOCC1)c1nc(C(F)(F)F)n2ccccc12. The minimum atomic E-state index is -4.68. The third-order valence-electron chi connectivity index (χ3n) is 4.15. The van der Waals surface area contributed by atoms with Gasteiger partial charge in [0.15, 0.2) is 5.69 Å². The number of alkyl halides is 3. The summed E-state index contributed by atoms with van der Waals surface area (Å²) in [7, 11) is 0. The van der Waals surface area contributed by atoms with Crippen LogP contribution in [0.15, 0.2) is 24.4 Å². The molecule has 130 valence electrons. The summed E-state index contributed by atoms with van der Waals surface area (Å²) in [5.74, 6) is -1.90. The normalized spacial score (nSPS) is 17.8. The van der Waals surface area contributed by atoms with E-state index < -0.39 is 23.4 Å². The number of rotatable bonds is 3. The fourth-order valence-electron chi connectivity index (χ4n) is 2.79. The van der Waals surface area contributed by atoms with E-state index in [0.29, 0.717) is 26.1 Å². The number of pyridine rings is 1. The van der Waals surface area contributed by atoms with E-state index in [0.717, 1.165) is 4.40 Å². The van der Waals surface area contributed by atoms with Gasteiger partial charge in [0.25, 0.3) is 5.91 Å². The van der Waals surface area contributed by atoms with Gasteiger partial charge in [-0.3, -0.25) is 9.20 Å². The van der Waals surface area contributed by atoms with Gasteiger partial charge in [-0.1, -0.05) is 6.07 Å². The van der Waals surface area contributed by atoms with E-state index in [4.69, 9.17) is 4.74 Å². The fraction of sp³-hybridized carbons (Fsp3) is 0.467. The van der Waals surface area contributed by atoms with Crippen molar-refractivity contribution in [3.63, 3.8) is 0 Å². The molecular weight excluding hydrogens is 327 g/mol. The van der Waals surface area contributed by atoms with Crippen LogP contribution >= 0.6 is 0 Å². The Labute approximate surface area is 135 Å². The molecule has 0 aromatic carbocycles. The van der Waals surface area contributed by atoms with Crippen LogP contribution in [-0.4, -0.2) is 45.8 Å². The third kappa shape index (κ3) is 2.96. The van der Waals surface area contributed by atoms with Gasteiger partial charge in [-0.25, -0.2) is 4.98 Å². The monoisotopic (exact) mass is 343 g/mol. The highest BCUT2D eigenvalue weighted by Gasteiger charge is 2.39. The van der Waals surface area contributed by atoms with Crippen molar-refractivity contribution in [2.45, 2.75) is 24.6 Å². The zero-order valence-electron chi connectivity index (χ0n) is 12.6. The second-order valence-corrected chi connectivity index (χ2v) is 5.74. The molecule has 9 heteroatoms. The van der Waals surface area contributed by atoms with E-state index >= 15 is 0 Å². The molecule has 1 amide bonds. The molecule has 1 aliphatic rings. The lowest BCUT2D eigenvalue weighted by molar-refractivity contribution is -0.145. The van der Waals surface area contributed by atoms with Crippen molar-refractivity contribution < 1.29 is 27.8 Å². The number of carbonyl (C=O) groups is 1. The first-order valence-corrected chi connectivity index (χ1v) is 7.42. The van der Waals surface area contributed by atoms with E-state index in [1.54, 1.807) is 0 Å². The first-order chi connectivity index (χ1) is 11.4. The summed E-state index contributed by atoms with van der Waals surface area (Å²) < 4.78 is 45.4. The molecule has 2 N–H and O–H groups in total. The standard InChI is InChI=1S/C15H16F3N3O3/c16-15(17,18)13-19-11(10-3-1-2-6-21(10)13)12(23)20-14(9-22)4-7-24-8-5-14/h1-3,6,22H,4-5,7-9H2,(H,20,23). The molecule has 24 heavy (non-hydrogen) atoms. The maximum atomic E-state index is 13.1. The fourth-order valence-corrected chi connectivity index (χ4v) is 2.79. The molecule has 0 unspecified atom stereocenters. The number of aromatic nitrogens is 2. The summed E-state index contributed by atoms with van der Waals surface area (Å²) in [6.45, 7) is 0.400. The van der Waals surface area contributed by atoms with Crippen LogP contribution in [0, 0.1) is 0 Å². The average Bonchev–Trinajstić information content (AvgIpc) is 2.96. The molecule has 2 aromatic heterocycles. The highest BCUT2D eigenvalue weighted by molar-refractivity contribution is 5.99. The lowest BCUT2D eigenvalue weighted by Gasteiger charge is -2.36. The summed E-state index contributed by atoms with van der Waals surface area (Å²) >= 11 is 0. The van der Waals surface area contributed by atoms with E-state index in [1.807, 2.05) is 0 Å². The van der Waals surface area contributed by atoms with E-state index in [2.05, 4.69) is 10.3 Å². The maximum Gasteiger partial charge on any atom is 0.450 e. The molecule has 0 aliphatic carbocycles. The Morgan fingerprint density at radius 3 is 2.71 bits per heavy atom. The van der Waals surface area contributed by atoms with Gasteiger partial charge in [-0.2, -0.15) is 13.2 Å². The van der Waals surface area contributed by atoms with E-state index in [9.17, 15) is 23.1 Å². The van der Waals surface area contributed by atoms with Crippen LogP contribution in [0.2, 0.25) is 0 Å². The second-order valence-electron chi connectivity index (χ2n) is 5.74. The number of nitrogens with one attached hydrogen (secondary N) is 1. The smallest absolute Gasteiger partial charge is 0.394 e. The number of aliphatic hydroxyl groups excluding tert-OH is 1. The number of amides is 1. The number of ether oxygens (including phenoxy) is 1. The third-order valence-corrected chi connectivity index (χ3v) is 4.15. The summed E-state index contributed by atoms with van der Waals surface area (Å²) in [6.07, 6.45) is -2.71. The maximum absolute atomic E-state index is 13.1. The van der Waals surface area contributed by atoms with Crippen molar-refractivity contribution in [1.29, 1.82) is 0 Å². The zero-order valence-corrected chi connectivity index (χ0v) is 12.6. The van der Waals surface area contributed by atoms with Gasteiger partial charge in [0.05, 0.1) is 17.7 Å². The minimum Gasteiger partial charge on any atom is -0.394 e. The zero-order chi connectivity index (χ0) is 17.4. The number of hydrogen-bond acceptors (Lipinski definition) is 4. The predicted octanol–water partition coefficient (Wildman–Crippen LogP) is 1.62. The number of carbonyl (C=O) groups excluding carboxylic acids is 1. The molecule has 6 nitrogen and oxygen atoms in total. The molecule has 0 radical (unpaired) electrons. The van der Waals surface area contributed by atoms with Gasteiger partial charge in [0.2, 0.25) is 5.82 Å². The highest BCUT2D eigenvalue weighted by atomic mass is 19.4. The Kier molecular flexibility index (Phi) is 4.22. The van der Waals surface area contributed by atoms with Crippen molar-refractivity contribution >= 4 is 11.4 Å². The van der Waals surface area contributed by atoms with Crippen LogP contribution in [0.1, 0.15) is 29.2 Å². The van der Waals surface area contributed by atoms with Gasteiger partial charge in [-0.05, 0) is 25.0 Å². The van der Waals surface area contributed by atoms with E-state index in [-0.39, 0.29) is 17.8 Å². The van der Waals surface area contributed by atoms with Crippen LogP contribution in [0.5, 0.6) is 0 Å². The van der Waals surface area contributed by atoms with Crippen molar-refractivity contribution in [3.05, 3.63) is 35.9 Å². The Hall–Kier alpha value is -2.13. The van der Waals surface area contributed by atoms with Gasteiger partial charge in [-0.15, -0.1) is 0 Å². The molecule has 3 rings (SSSR count). The number of fused-ring (bicyclic) bond motifs is 1. The van der Waals surface area contributed by atoms with Crippen molar-refractivity contribution in [1.82, 2.24) is 14.7 Å². The molecule has 1 fully saturated rings. The molecule has 3 heterocycles. The number of aliphatic hydroxyl groups is 1. The number of hydrogen-bond donors (Lipinski definition) is 2. The van der Waals surface area contributed by atoms with Crippen molar-refractivity contribution in [3.8, 4) is 0 Å². The molecule has 0 atom stereocenters. The van der Waals surface area contributed by atoms with Gasteiger partial charge in [0, 0.05) is 19.4 Å². The first-order valence-electron chi connectivity index (χ1n) is 7.42. The molecule has 1 aliphatic heterocycles. The summed E-state index contributed by atoms with van der Waals surface area (Å²) in [5, 5.41) is 12.3. The van der Waals surface area contributed by atoms with Crippen molar-refractivity contribution in [2.24, 2.45) is 0 Å². The first kappa shape index (κ1) is 16.7. The topological polar surface area (TPSA) is 75.9 Å². The minimum absolute atomic E-state index is 0.0578. The number of halogens is 3. The highest BCUT2D eigenvalue weighted by Crippen LogP contribution is 2.30. The lowest BCUT2D eigenvalue weighted by Crippen LogP contribution is -2.54. The van der Waals surface area contributed by atoms with Crippen LogP contribution in [0.3, 0.4) is 0 Å². The Balaban J connectivity index is 1.98. The Morgan fingerprint density at radius 2 is 2.08 bits per heavy atom. The van der Waals surface area contributed by atoms with Crippen LogP contribution < -0.4 is 5.32 Å². The van der Waals surface area contributed by atoms with Gasteiger partial charge >= 0.3 is 6.18 Å². The molecule has 0 spiro atoms. The largest absolute Gasteiger partial charge is 0.450 e. The van der Waals surface area contributed by atoms with Gasteiger partial charge < -0.3 is 15.2 Å². The lowest BCUT2D eigenvalue weighted by atomic mass is 9.91. The second kappa shape index (κ2) is 6.06. The predicted molar refractivity (Wildman–Crippen MR) is 77.5 cm³/mol. The summed E-state index contributed by atoms with van der Waals surface area (Å²) in [4.78, 5) is 16.0.